The third-order valence-corrected chi connectivity index (χ3v) is 6.94. The minimum Gasteiger partial charge on any atom is -0.481 e. The number of hydrogen-bond donors (Lipinski definition) is 3. The zero-order chi connectivity index (χ0) is 22.2. The number of carbonyl (C=O) groups is 2. The van der Waals surface area contributed by atoms with Crippen molar-refractivity contribution >= 4 is 11.9 Å². The summed E-state index contributed by atoms with van der Waals surface area (Å²) in [6.45, 7) is 2.09. The second-order valence-electron chi connectivity index (χ2n) is 8.83. The number of aliphatic carboxylic acids is 2. The molecule has 0 unspecified atom stereocenters. The molecule has 0 amide bonds. The van der Waals surface area contributed by atoms with Gasteiger partial charge in [-0.2, -0.15) is 0 Å². The predicted octanol–water partition coefficient (Wildman–Crippen LogP) is 4.62. The van der Waals surface area contributed by atoms with Crippen molar-refractivity contribution in [2.45, 2.75) is 50.5 Å². The van der Waals surface area contributed by atoms with Crippen LogP contribution in [0.1, 0.15) is 56.1 Å². The van der Waals surface area contributed by atoms with Crippen LogP contribution in [-0.4, -0.2) is 27.7 Å². The van der Waals surface area contributed by atoms with Crippen molar-refractivity contribution in [2.24, 2.45) is 23.5 Å². The van der Waals surface area contributed by atoms with Gasteiger partial charge in [0.05, 0.1) is 5.92 Å². The van der Waals surface area contributed by atoms with Crippen molar-refractivity contribution in [3.63, 3.8) is 0 Å². The first-order valence-electron chi connectivity index (χ1n) is 11.0. The Morgan fingerprint density at radius 3 is 2.10 bits per heavy atom. The highest BCUT2D eigenvalue weighted by molar-refractivity contribution is 5.84. The Balaban J connectivity index is 1.69. The summed E-state index contributed by atoms with van der Waals surface area (Å²) < 4.78 is 6.02. The van der Waals surface area contributed by atoms with Crippen LogP contribution in [-0.2, 0) is 9.59 Å². The van der Waals surface area contributed by atoms with Gasteiger partial charge in [-0.05, 0) is 30.9 Å². The Morgan fingerprint density at radius 1 is 1.00 bits per heavy atom. The van der Waals surface area contributed by atoms with E-state index < -0.39 is 29.3 Å². The second-order valence-corrected chi connectivity index (χ2v) is 8.83. The van der Waals surface area contributed by atoms with Gasteiger partial charge in [0, 0.05) is 23.0 Å². The third kappa shape index (κ3) is 3.81. The molecule has 1 aliphatic heterocycles. The molecule has 4 N–H and O–H groups in total. The lowest BCUT2D eigenvalue weighted by Crippen LogP contribution is -2.52. The molecule has 2 aromatic rings. The summed E-state index contributed by atoms with van der Waals surface area (Å²) in [5.74, 6) is -2.49. The van der Waals surface area contributed by atoms with Crippen LogP contribution >= 0.6 is 0 Å². The molecule has 0 saturated heterocycles. The molecule has 2 aliphatic rings. The maximum Gasteiger partial charge on any atom is 0.324 e. The largest absolute Gasteiger partial charge is 0.481 e. The zero-order valence-corrected chi connectivity index (χ0v) is 17.7. The zero-order valence-electron chi connectivity index (χ0n) is 17.7. The number of para-hydroxylation sites is 2. The van der Waals surface area contributed by atoms with Crippen LogP contribution in [0.4, 0.5) is 0 Å². The standard InChI is InChI=1S/C25H29NO5/c1-2-3-4-11-17-21(23(27)28)22(17)25(26,24(29)30)14-18-15-9-5-7-12-19(15)31-20-13-8-6-10-16(18)20/h5-10,12-13,17-18,21-22H,2-4,11,14,26H2,1H3,(H,27,28)(H,29,30)/t17-,21-,22-,25+/m0/s1. The molecule has 6 heteroatoms. The number of carboxylic acid groups (broad SMARTS) is 2. The van der Waals surface area contributed by atoms with Crippen LogP contribution in [0.15, 0.2) is 48.5 Å². The highest BCUT2D eigenvalue weighted by Crippen LogP contribution is 2.58. The molecule has 4 atom stereocenters. The lowest BCUT2D eigenvalue weighted by atomic mass is 9.75. The lowest BCUT2D eigenvalue weighted by Gasteiger charge is -2.34. The summed E-state index contributed by atoms with van der Waals surface area (Å²) in [7, 11) is 0. The van der Waals surface area contributed by atoms with Gasteiger partial charge < -0.3 is 20.7 Å². The van der Waals surface area contributed by atoms with E-state index in [1.165, 1.54) is 0 Å². The molecular formula is C25H29NO5. The molecule has 1 fully saturated rings. The Bertz CT molecular complexity index is 944. The maximum atomic E-state index is 12.5. The number of nitrogens with two attached hydrogens (primary N) is 1. The molecule has 1 aliphatic carbocycles. The second kappa shape index (κ2) is 8.35. The van der Waals surface area contributed by atoms with E-state index in [0.717, 1.165) is 30.4 Å². The molecule has 4 rings (SSSR count). The molecule has 31 heavy (non-hydrogen) atoms. The number of hydrogen-bond acceptors (Lipinski definition) is 4. The first-order chi connectivity index (χ1) is 14.9. The fourth-order valence-electron chi connectivity index (χ4n) is 5.33. The number of benzene rings is 2. The normalized spacial score (nSPS) is 23.7. The number of unbranched alkanes of at least 4 members (excludes halogenated alkanes) is 2. The maximum absolute atomic E-state index is 12.5. The minimum absolute atomic E-state index is 0.123. The van der Waals surface area contributed by atoms with Crippen LogP contribution in [0.3, 0.4) is 0 Å². The summed E-state index contributed by atoms with van der Waals surface area (Å²) in [6.07, 6.45) is 3.74. The van der Waals surface area contributed by atoms with E-state index in [4.69, 9.17) is 10.5 Å². The fourth-order valence-corrected chi connectivity index (χ4v) is 5.33. The quantitative estimate of drug-likeness (QED) is 0.508. The van der Waals surface area contributed by atoms with E-state index >= 15 is 0 Å². The van der Waals surface area contributed by atoms with Gasteiger partial charge in [-0.3, -0.25) is 9.59 Å². The minimum atomic E-state index is -1.64. The highest BCUT2D eigenvalue weighted by Gasteiger charge is 2.66. The molecule has 0 radical (unpaired) electrons. The van der Waals surface area contributed by atoms with Crippen molar-refractivity contribution < 1.29 is 24.5 Å². The highest BCUT2D eigenvalue weighted by atomic mass is 16.5. The Labute approximate surface area is 182 Å². The van der Waals surface area contributed by atoms with E-state index in [1.54, 1.807) is 0 Å². The van der Waals surface area contributed by atoms with Crippen LogP contribution < -0.4 is 10.5 Å². The lowest BCUT2D eigenvalue weighted by molar-refractivity contribution is -0.145. The molecule has 0 spiro atoms. The molecular weight excluding hydrogens is 394 g/mol. The van der Waals surface area contributed by atoms with Crippen LogP contribution in [0.2, 0.25) is 0 Å². The van der Waals surface area contributed by atoms with Crippen molar-refractivity contribution in [3.8, 4) is 11.5 Å². The van der Waals surface area contributed by atoms with Gasteiger partial charge in [0.25, 0.3) is 0 Å². The third-order valence-electron chi connectivity index (χ3n) is 6.94. The van der Waals surface area contributed by atoms with Crippen LogP contribution in [0.25, 0.3) is 0 Å². The van der Waals surface area contributed by atoms with Gasteiger partial charge >= 0.3 is 11.9 Å². The first kappa shape index (κ1) is 21.4. The molecule has 2 aromatic carbocycles. The van der Waals surface area contributed by atoms with E-state index in [1.807, 2.05) is 48.5 Å². The fraction of sp³-hybridized carbons (Fsp3) is 0.440. The molecule has 164 valence electrons. The topological polar surface area (TPSA) is 110 Å². The van der Waals surface area contributed by atoms with Crippen LogP contribution in [0, 0.1) is 17.8 Å². The van der Waals surface area contributed by atoms with Crippen molar-refractivity contribution in [1.29, 1.82) is 0 Å². The summed E-state index contributed by atoms with van der Waals surface area (Å²) in [5.41, 5.74) is 6.74. The van der Waals surface area contributed by atoms with Crippen molar-refractivity contribution in [2.75, 3.05) is 0 Å². The molecule has 0 aromatic heterocycles. The number of fused-ring (bicyclic) bond motifs is 2. The Kier molecular flexibility index (Phi) is 5.75. The Morgan fingerprint density at radius 2 is 1.58 bits per heavy atom. The molecule has 1 heterocycles. The molecule has 0 bridgehead atoms. The number of rotatable bonds is 9. The van der Waals surface area contributed by atoms with Crippen molar-refractivity contribution in [1.82, 2.24) is 0 Å². The van der Waals surface area contributed by atoms with Gasteiger partial charge in [0.2, 0.25) is 0 Å². The first-order valence-corrected chi connectivity index (χ1v) is 11.0. The smallest absolute Gasteiger partial charge is 0.324 e. The average Bonchev–Trinajstić information content (AvgIpc) is 3.49. The molecule has 1 saturated carbocycles. The van der Waals surface area contributed by atoms with E-state index in [0.29, 0.717) is 17.9 Å². The van der Waals surface area contributed by atoms with Gasteiger partial charge in [-0.25, -0.2) is 0 Å². The summed E-state index contributed by atoms with van der Waals surface area (Å²) in [5, 5.41) is 20.0. The number of ether oxygens (including phenoxy) is 1. The average molecular weight is 424 g/mol. The van der Waals surface area contributed by atoms with Gasteiger partial charge in [0.15, 0.2) is 0 Å². The number of carboxylic acids is 2. The van der Waals surface area contributed by atoms with Crippen LogP contribution in [0.5, 0.6) is 11.5 Å². The van der Waals surface area contributed by atoms with E-state index in [-0.39, 0.29) is 18.3 Å². The van der Waals surface area contributed by atoms with Gasteiger partial charge in [0.1, 0.15) is 17.0 Å². The van der Waals surface area contributed by atoms with Crippen molar-refractivity contribution in [3.05, 3.63) is 59.7 Å². The van der Waals surface area contributed by atoms with E-state index in [9.17, 15) is 19.8 Å². The summed E-state index contributed by atoms with van der Waals surface area (Å²) >= 11 is 0. The predicted molar refractivity (Wildman–Crippen MR) is 116 cm³/mol. The van der Waals surface area contributed by atoms with Gasteiger partial charge in [-0.1, -0.05) is 62.6 Å². The monoisotopic (exact) mass is 423 g/mol. The summed E-state index contributed by atoms with van der Waals surface area (Å²) in [4.78, 5) is 24.4. The van der Waals surface area contributed by atoms with E-state index in [2.05, 4.69) is 6.92 Å². The SMILES string of the molecule is CCCCC[C@H]1[C@H](C(=O)O)[C@H]1[C@](N)(CC1c2ccccc2Oc2ccccc21)C(=O)O. The summed E-state index contributed by atoms with van der Waals surface area (Å²) in [6, 6.07) is 15.1. The Hall–Kier alpha value is -2.86. The van der Waals surface area contributed by atoms with Gasteiger partial charge in [-0.15, -0.1) is 0 Å². The molecule has 6 nitrogen and oxygen atoms in total.